The molecule has 0 radical (unpaired) electrons. The number of rotatable bonds is 6. The Morgan fingerprint density at radius 3 is 2.55 bits per heavy atom. The highest BCUT2D eigenvalue weighted by molar-refractivity contribution is 6.03. The number of aromatic nitrogens is 2. The molecule has 2 heterocycles. The van der Waals surface area contributed by atoms with E-state index in [4.69, 9.17) is 21.5 Å². The Kier molecular flexibility index (Phi) is 5.87. The molecular formula is C23H24N6O2. The van der Waals surface area contributed by atoms with E-state index >= 15 is 0 Å². The third-order valence-electron chi connectivity index (χ3n) is 5.42. The Balaban J connectivity index is 1.63. The fourth-order valence-electron chi connectivity index (χ4n) is 3.95. The number of ether oxygens (including phenoxy) is 1. The van der Waals surface area contributed by atoms with Gasteiger partial charge < -0.3 is 16.2 Å². The Bertz CT molecular complexity index is 1100. The highest BCUT2D eigenvalue weighted by Gasteiger charge is 2.28. The molecule has 1 aromatic heterocycles. The lowest BCUT2D eigenvalue weighted by Crippen LogP contribution is -2.37. The molecule has 8 nitrogen and oxygen atoms in total. The van der Waals surface area contributed by atoms with Crippen LogP contribution in [0.3, 0.4) is 0 Å². The van der Waals surface area contributed by atoms with Gasteiger partial charge in [-0.05, 0) is 55.8 Å². The zero-order valence-corrected chi connectivity index (χ0v) is 17.1. The van der Waals surface area contributed by atoms with Crippen molar-refractivity contribution < 1.29 is 9.53 Å². The van der Waals surface area contributed by atoms with Gasteiger partial charge in [-0.3, -0.25) is 9.69 Å². The normalized spacial score (nSPS) is 16.5. The molecule has 4 rings (SSSR count). The van der Waals surface area contributed by atoms with Crippen LogP contribution in [0.5, 0.6) is 11.5 Å². The monoisotopic (exact) mass is 416 g/mol. The number of benzene rings is 2. The van der Waals surface area contributed by atoms with Crippen molar-refractivity contribution in [1.82, 2.24) is 14.7 Å². The summed E-state index contributed by atoms with van der Waals surface area (Å²) >= 11 is 0. The number of nitriles is 1. The minimum Gasteiger partial charge on any atom is -0.457 e. The molecule has 1 atom stereocenters. The number of amides is 1. The van der Waals surface area contributed by atoms with Crippen LogP contribution in [0.4, 0.5) is 5.82 Å². The van der Waals surface area contributed by atoms with Crippen molar-refractivity contribution in [2.75, 3.05) is 25.4 Å². The average molecular weight is 416 g/mol. The molecule has 1 fully saturated rings. The van der Waals surface area contributed by atoms with Crippen LogP contribution in [0.1, 0.15) is 29.2 Å². The highest BCUT2D eigenvalue weighted by atomic mass is 16.5. The number of primary amides is 1. The van der Waals surface area contributed by atoms with E-state index in [0.717, 1.165) is 30.7 Å². The lowest BCUT2D eigenvalue weighted by atomic mass is 10.1. The summed E-state index contributed by atoms with van der Waals surface area (Å²) in [5.74, 6) is 1.05. The summed E-state index contributed by atoms with van der Waals surface area (Å²) in [7, 11) is 0. The fraction of sp³-hybridized carbons (Fsp3) is 0.261. The van der Waals surface area contributed by atoms with Crippen LogP contribution in [-0.2, 0) is 0 Å². The molecule has 8 heteroatoms. The van der Waals surface area contributed by atoms with Gasteiger partial charge in [-0.1, -0.05) is 18.2 Å². The maximum Gasteiger partial charge on any atom is 0.254 e. The second-order valence-electron chi connectivity index (χ2n) is 7.55. The van der Waals surface area contributed by atoms with E-state index in [0.29, 0.717) is 24.5 Å². The number of hydrogen-bond acceptors (Lipinski definition) is 6. The maximum atomic E-state index is 12.2. The largest absolute Gasteiger partial charge is 0.457 e. The van der Waals surface area contributed by atoms with Crippen LogP contribution in [0.15, 0.2) is 54.6 Å². The van der Waals surface area contributed by atoms with Crippen molar-refractivity contribution >= 4 is 11.7 Å². The predicted molar refractivity (Wildman–Crippen MR) is 117 cm³/mol. The van der Waals surface area contributed by atoms with Gasteiger partial charge in [0.1, 0.15) is 28.6 Å². The number of carbonyl (C=O) groups excluding carboxylic acids is 1. The number of nitrogens with two attached hydrogens (primary N) is 2. The van der Waals surface area contributed by atoms with Crippen LogP contribution < -0.4 is 16.2 Å². The molecule has 4 N–H and O–H groups in total. The van der Waals surface area contributed by atoms with Gasteiger partial charge in [-0.15, -0.1) is 0 Å². The van der Waals surface area contributed by atoms with Gasteiger partial charge >= 0.3 is 0 Å². The summed E-state index contributed by atoms with van der Waals surface area (Å²) in [5, 5.41) is 13.7. The van der Waals surface area contributed by atoms with Crippen LogP contribution >= 0.6 is 0 Å². The summed E-state index contributed by atoms with van der Waals surface area (Å²) in [6, 6.07) is 19.0. The van der Waals surface area contributed by atoms with Gasteiger partial charge in [0.25, 0.3) is 5.91 Å². The van der Waals surface area contributed by atoms with Gasteiger partial charge in [0.15, 0.2) is 0 Å². The molecule has 158 valence electrons. The van der Waals surface area contributed by atoms with Crippen molar-refractivity contribution in [3.8, 4) is 28.8 Å². The van der Waals surface area contributed by atoms with Crippen molar-refractivity contribution in [1.29, 1.82) is 5.26 Å². The van der Waals surface area contributed by atoms with E-state index in [1.165, 1.54) is 0 Å². The number of nitrogens with zero attached hydrogens (tertiary/aromatic N) is 4. The lowest BCUT2D eigenvalue weighted by molar-refractivity contribution is 0.100. The van der Waals surface area contributed by atoms with Crippen molar-refractivity contribution in [2.24, 2.45) is 5.73 Å². The minimum atomic E-state index is -0.618. The van der Waals surface area contributed by atoms with E-state index < -0.39 is 5.91 Å². The molecule has 1 aliphatic rings. The van der Waals surface area contributed by atoms with Crippen LogP contribution in [0.2, 0.25) is 0 Å². The van der Waals surface area contributed by atoms with Crippen molar-refractivity contribution in [3.05, 3.63) is 60.2 Å². The lowest BCUT2D eigenvalue weighted by Gasteiger charge is -2.31. The molecular weight excluding hydrogens is 392 g/mol. The molecule has 1 unspecified atom stereocenters. The first-order valence-electron chi connectivity index (χ1n) is 10.2. The fourth-order valence-corrected chi connectivity index (χ4v) is 3.95. The Morgan fingerprint density at radius 2 is 1.87 bits per heavy atom. The second-order valence-corrected chi connectivity index (χ2v) is 7.55. The molecule has 0 spiro atoms. The zero-order chi connectivity index (χ0) is 21.8. The molecule has 1 amide bonds. The second kappa shape index (κ2) is 8.90. The van der Waals surface area contributed by atoms with Gasteiger partial charge in [0.2, 0.25) is 0 Å². The van der Waals surface area contributed by atoms with Gasteiger partial charge in [0.05, 0.1) is 18.7 Å². The van der Waals surface area contributed by atoms with Crippen molar-refractivity contribution in [3.63, 3.8) is 0 Å². The topological polar surface area (TPSA) is 123 Å². The maximum absolute atomic E-state index is 12.2. The molecule has 2 aromatic carbocycles. The number of para-hydroxylation sites is 1. The Labute approximate surface area is 180 Å². The zero-order valence-electron chi connectivity index (χ0n) is 17.1. The van der Waals surface area contributed by atoms with E-state index in [-0.39, 0.29) is 17.4 Å². The Hall–Kier alpha value is -3.83. The van der Waals surface area contributed by atoms with Crippen LogP contribution in [0, 0.1) is 11.3 Å². The van der Waals surface area contributed by atoms with Crippen LogP contribution in [-0.4, -0.2) is 40.2 Å². The van der Waals surface area contributed by atoms with E-state index in [2.05, 4.69) is 16.1 Å². The summed E-state index contributed by atoms with van der Waals surface area (Å²) in [6.07, 6.45) is 1.80. The van der Waals surface area contributed by atoms with Gasteiger partial charge in [-0.25, -0.2) is 4.68 Å². The molecule has 31 heavy (non-hydrogen) atoms. The summed E-state index contributed by atoms with van der Waals surface area (Å²) in [4.78, 5) is 14.3. The molecule has 1 saturated heterocycles. The number of nitrogen functional groups attached to an aromatic ring is 1. The van der Waals surface area contributed by atoms with Crippen molar-refractivity contribution in [2.45, 2.75) is 18.9 Å². The number of likely N-dealkylation sites (tertiary alicyclic amines) is 1. The predicted octanol–water partition coefficient (Wildman–Crippen LogP) is 3.18. The summed E-state index contributed by atoms with van der Waals surface area (Å²) < 4.78 is 7.52. The summed E-state index contributed by atoms with van der Waals surface area (Å²) in [5.41, 5.74) is 13.4. The number of anilines is 1. The van der Waals surface area contributed by atoms with Crippen LogP contribution in [0.25, 0.3) is 11.3 Å². The molecule has 1 aliphatic heterocycles. The Morgan fingerprint density at radius 1 is 1.16 bits per heavy atom. The number of piperidine rings is 1. The van der Waals surface area contributed by atoms with Gasteiger partial charge in [-0.2, -0.15) is 10.4 Å². The summed E-state index contributed by atoms with van der Waals surface area (Å²) in [6.45, 7) is 1.88. The highest BCUT2D eigenvalue weighted by Crippen LogP contribution is 2.33. The first-order chi connectivity index (χ1) is 15.1. The van der Waals surface area contributed by atoms with E-state index in [1.54, 1.807) is 4.68 Å². The molecule has 0 saturated carbocycles. The van der Waals surface area contributed by atoms with E-state index in [9.17, 15) is 4.79 Å². The third kappa shape index (κ3) is 4.37. The average Bonchev–Trinajstić information content (AvgIpc) is 3.13. The molecule has 3 aromatic rings. The standard InChI is InChI=1S/C23H24N6O2/c24-12-14-28-13-4-5-17(15-28)29-22(25)20(23(26)30)21(27-29)16-8-10-19(11-9-16)31-18-6-2-1-3-7-18/h1-3,6-11,17H,4-5,13-15,25H2,(H2,26,30). The molecule has 0 aliphatic carbocycles. The molecule has 0 bridgehead atoms. The minimum absolute atomic E-state index is 0.0189. The first-order valence-corrected chi connectivity index (χ1v) is 10.2. The van der Waals surface area contributed by atoms with Gasteiger partial charge in [0, 0.05) is 12.1 Å². The number of hydrogen-bond donors (Lipinski definition) is 2. The smallest absolute Gasteiger partial charge is 0.254 e. The quantitative estimate of drug-likeness (QED) is 0.595. The third-order valence-corrected chi connectivity index (χ3v) is 5.42. The first kappa shape index (κ1) is 20.4. The number of carbonyl (C=O) groups is 1. The SMILES string of the molecule is N#CCN1CCCC(n2nc(-c3ccc(Oc4ccccc4)cc3)c(C(N)=O)c2N)C1. The van der Waals surface area contributed by atoms with E-state index in [1.807, 2.05) is 54.6 Å².